The van der Waals surface area contributed by atoms with Gasteiger partial charge in [0.25, 0.3) is 11.8 Å². The normalized spacial score (nSPS) is 33.9. The topological polar surface area (TPSA) is 92.7 Å². The predicted octanol–water partition coefficient (Wildman–Crippen LogP) is 2.45. The maximum atomic E-state index is 13.2. The highest BCUT2D eigenvalue weighted by Gasteiger charge is 2.50. The molecule has 7 nitrogen and oxygen atoms in total. The zero-order valence-corrected chi connectivity index (χ0v) is 17.9. The fourth-order valence-electron chi connectivity index (χ4n) is 7.30. The summed E-state index contributed by atoms with van der Waals surface area (Å²) in [5.41, 5.74) is 7.77. The minimum absolute atomic E-state index is 0.0342. The minimum atomic E-state index is -0.114. The van der Waals surface area contributed by atoms with Crippen molar-refractivity contribution in [2.45, 2.75) is 51.0 Å². The zero-order valence-electron chi connectivity index (χ0n) is 17.9. The molecule has 164 valence electrons. The van der Waals surface area contributed by atoms with E-state index in [1.54, 1.807) is 15.5 Å². The Morgan fingerprint density at radius 2 is 1.84 bits per heavy atom. The van der Waals surface area contributed by atoms with Gasteiger partial charge in [-0.15, -0.1) is 0 Å². The molecule has 7 heteroatoms. The quantitative estimate of drug-likeness (QED) is 0.793. The van der Waals surface area contributed by atoms with Crippen molar-refractivity contribution in [2.75, 3.05) is 19.6 Å². The summed E-state index contributed by atoms with van der Waals surface area (Å²) in [6, 6.07) is 5.51. The van der Waals surface area contributed by atoms with Gasteiger partial charge in [-0.05, 0) is 80.2 Å². The van der Waals surface area contributed by atoms with Crippen LogP contribution in [0.15, 0.2) is 24.4 Å². The van der Waals surface area contributed by atoms with E-state index in [4.69, 9.17) is 5.73 Å². The van der Waals surface area contributed by atoms with Crippen molar-refractivity contribution in [1.29, 1.82) is 0 Å². The van der Waals surface area contributed by atoms with Gasteiger partial charge in [0.05, 0.1) is 0 Å². The molecule has 0 unspecified atom stereocenters. The third kappa shape index (κ3) is 3.34. The average Bonchev–Trinajstić information content (AvgIpc) is 3.36. The summed E-state index contributed by atoms with van der Waals surface area (Å²) in [6.45, 7) is 1.98. The number of nitrogens with zero attached hydrogens (tertiary/aromatic N) is 3. The molecule has 31 heavy (non-hydrogen) atoms. The number of hydrogen-bond donors (Lipinski definition) is 2. The van der Waals surface area contributed by atoms with Crippen LogP contribution in [0, 0.1) is 23.2 Å². The first-order valence-electron chi connectivity index (χ1n) is 11.8. The number of pyridine rings is 1. The predicted molar refractivity (Wildman–Crippen MR) is 117 cm³/mol. The molecule has 2 aromatic heterocycles. The number of rotatable bonds is 4. The van der Waals surface area contributed by atoms with Gasteiger partial charge in [0.1, 0.15) is 17.0 Å². The van der Waals surface area contributed by atoms with Crippen LogP contribution >= 0.6 is 0 Å². The lowest BCUT2D eigenvalue weighted by Gasteiger charge is -2.56. The van der Waals surface area contributed by atoms with Crippen molar-refractivity contribution in [3.05, 3.63) is 35.8 Å². The molecule has 1 aliphatic heterocycles. The number of nitrogens with two attached hydrogens (primary N) is 1. The Kier molecular flexibility index (Phi) is 4.39. The summed E-state index contributed by atoms with van der Waals surface area (Å²) in [5.74, 6) is 2.41. The van der Waals surface area contributed by atoms with Gasteiger partial charge in [0.2, 0.25) is 0 Å². The van der Waals surface area contributed by atoms with E-state index in [0.29, 0.717) is 35.5 Å². The molecular formula is C24H31N5O2. The van der Waals surface area contributed by atoms with E-state index < -0.39 is 0 Å². The van der Waals surface area contributed by atoms with Crippen molar-refractivity contribution < 1.29 is 9.59 Å². The molecule has 0 radical (unpaired) electrons. The second-order valence-electron chi connectivity index (χ2n) is 10.7. The monoisotopic (exact) mass is 421 g/mol. The van der Waals surface area contributed by atoms with E-state index in [1.165, 1.54) is 38.5 Å². The van der Waals surface area contributed by atoms with Gasteiger partial charge < -0.3 is 16.0 Å². The SMILES string of the molecule is N[C@H]1CCN(C(=O)c2cn3c(C(=O)NCC45CC6CC(CC(C6)C4)C5)cccc3n2)C1. The Bertz CT molecular complexity index is 1010. The molecule has 0 aromatic carbocycles. The highest BCUT2D eigenvalue weighted by atomic mass is 16.2. The van der Waals surface area contributed by atoms with Crippen LogP contribution in [0.3, 0.4) is 0 Å². The summed E-state index contributed by atoms with van der Waals surface area (Å²) < 4.78 is 1.75. The first-order chi connectivity index (χ1) is 15.0. The van der Waals surface area contributed by atoms with Gasteiger partial charge >= 0.3 is 0 Å². The Balaban J connectivity index is 1.20. The number of carbonyl (C=O) groups excluding carboxylic acids is 2. The Morgan fingerprint density at radius 3 is 2.48 bits per heavy atom. The van der Waals surface area contributed by atoms with Crippen LogP contribution in [0.1, 0.15) is 65.9 Å². The highest BCUT2D eigenvalue weighted by molar-refractivity contribution is 5.95. The Morgan fingerprint density at radius 1 is 1.13 bits per heavy atom. The molecular weight excluding hydrogens is 390 g/mol. The Hall–Kier alpha value is -2.41. The summed E-state index contributed by atoms with van der Waals surface area (Å²) in [5, 5.41) is 3.25. The van der Waals surface area contributed by atoms with Crippen LogP contribution in [0.2, 0.25) is 0 Å². The standard InChI is InChI=1S/C24H31N5O2/c25-18-4-5-28(12-18)23(31)19-13-29-20(2-1-3-21(29)27-19)22(30)26-14-24-9-15-6-16(10-24)8-17(7-15)11-24/h1-3,13,15-18H,4-12,14,25H2,(H,26,30)/t15?,16?,17?,18-,24?/m0/s1. The number of hydrogen-bond acceptors (Lipinski definition) is 4. The van der Waals surface area contributed by atoms with Crippen molar-refractivity contribution >= 4 is 17.5 Å². The lowest BCUT2D eigenvalue weighted by molar-refractivity contribution is -0.0503. The van der Waals surface area contributed by atoms with Gasteiger partial charge in [-0.1, -0.05) is 6.07 Å². The summed E-state index contributed by atoms with van der Waals surface area (Å²) >= 11 is 0. The molecule has 5 aliphatic rings. The van der Waals surface area contributed by atoms with Crippen LogP contribution in [-0.2, 0) is 0 Å². The van der Waals surface area contributed by atoms with Crippen LogP contribution in [-0.4, -0.2) is 51.8 Å². The van der Waals surface area contributed by atoms with E-state index in [2.05, 4.69) is 10.3 Å². The molecule has 7 rings (SSSR count). The number of carbonyl (C=O) groups is 2. The molecule has 5 fully saturated rings. The maximum Gasteiger partial charge on any atom is 0.274 e. The van der Waals surface area contributed by atoms with Crippen LogP contribution < -0.4 is 11.1 Å². The average molecular weight is 422 g/mol. The largest absolute Gasteiger partial charge is 0.350 e. The third-order valence-electron chi connectivity index (χ3n) is 8.24. The third-order valence-corrected chi connectivity index (χ3v) is 8.24. The number of likely N-dealkylation sites (tertiary alicyclic amines) is 1. The summed E-state index contributed by atoms with van der Waals surface area (Å²) in [4.78, 5) is 32.2. The molecule has 4 aliphatic carbocycles. The molecule has 1 saturated heterocycles. The number of aromatic nitrogens is 2. The minimum Gasteiger partial charge on any atom is -0.350 e. The second-order valence-corrected chi connectivity index (χ2v) is 10.7. The lowest BCUT2D eigenvalue weighted by Crippen LogP contribution is -2.51. The summed E-state index contributed by atoms with van der Waals surface area (Å²) in [6.07, 6.45) is 10.5. The van der Waals surface area contributed by atoms with Gasteiger partial charge in [-0.25, -0.2) is 4.98 Å². The van der Waals surface area contributed by atoms with Gasteiger partial charge in [0.15, 0.2) is 0 Å². The zero-order chi connectivity index (χ0) is 21.2. The van der Waals surface area contributed by atoms with Gasteiger partial charge in [0, 0.05) is 31.9 Å². The number of amides is 2. The smallest absolute Gasteiger partial charge is 0.274 e. The van der Waals surface area contributed by atoms with Gasteiger partial charge in [-0.2, -0.15) is 0 Å². The number of fused-ring (bicyclic) bond motifs is 1. The second kappa shape index (κ2) is 7.05. The Labute approximate surface area is 182 Å². The van der Waals surface area contributed by atoms with E-state index >= 15 is 0 Å². The van der Waals surface area contributed by atoms with E-state index in [9.17, 15) is 9.59 Å². The van der Waals surface area contributed by atoms with Crippen molar-refractivity contribution in [1.82, 2.24) is 19.6 Å². The lowest BCUT2D eigenvalue weighted by atomic mass is 9.49. The molecule has 0 spiro atoms. The molecule has 4 bridgehead atoms. The summed E-state index contributed by atoms with van der Waals surface area (Å²) in [7, 11) is 0. The molecule has 3 heterocycles. The van der Waals surface area contributed by atoms with Gasteiger partial charge in [-0.3, -0.25) is 14.0 Å². The molecule has 1 atom stereocenters. The number of imidazole rings is 1. The molecule has 2 aromatic rings. The van der Waals surface area contributed by atoms with Crippen LogP contribution in [0.4, 0.5) is 0 Å². The van der Waals surface area contributed by atoms with Crippen LogP contribution in [0.5, 0.6) is 0 Å². The van der Waals surface area contributed by atoms with E-state index in [0.717, 1.165) is 30.7 Å². The van der Waals surface area contributed by atoms with Crippen molar-refractivity contribution in [2.24, 2.45) is 28.9 Å². The number of nitrogens with one attached hydrogen (secondary N) is 1. The fourth-order valence-corrected chi connectivity index (χ4v) is 7.30. The highest BCUT2D eigenvalue weighted by Crippen LogP contribution is 2.59. The fraction of sp³-hybridized carbons (Fsp3) is 0.625. The molecule has 4 saturated carbocycles. The first kappa shape index (κ1) is 19.3. The maximum absolute atomic E-state index is 13.2. The van der Waals surface area contributed by atoms with Crippen molar-refractivity contribution in [3.8, 4) is 0 Å². The van der Waals surface area contributed by atoms with Crippen molar-refractivity contribution in [3.63, 3.8) is 0 Å². The van der Waals surface area contributed by atoms with Crippen LogP contribution in [0.25, 0.3) is 5.65 Å². The first-order valence-corrected chi connectivity index (χ1v) is 11.8. The van der Waals surface area contributed by atoms with E-state index in [-0.39, 0.29) is 17.9 Å². The molecule has 3 N–H and O–H groups in total. The van der Waals surface area contributed by atoms with E-state index in [1.807, 2.05) is 18.2 Å². The molecule has 2 amide bonds.